The molecule has 0 radical (unpaired) electrons. The summed E-state index contributed by atoms with van der Waals surface area (Å²) < 4.78 is 5.71. The fraction of sp³-hybridized carbons (Fsp3) is 0.611. The normalized spacial score (nSPS) is 15.8. The summed E-state index contributed by atoms with van der Waals surface area (Å²) in [6.07, 6.45) is 2.56. The van der Waals surface area contributed by atoms with Crippen LogP contribution in [0.3, 0.4) is 0 Å². The van der Waals surface area contributed by atoms with Crippen LogP contribution in [0.5, 0.6) is 0 Å². The van der Waals surface area contributed by atoms with Gasteiger partial charge in [0.25, 0.3) is 0 Å². The maximum Gasteiger partial charge on any atom is 0.193 e. The first-order valence-electron chi connectivity index (χ1n) is 8.47. The Bertz CT molecular complexity index is 496. The molecule has 6 heteroatoms. The molecular formula is C18H31IN4O. The van der Waals surface area contributed by atoms with Gasteiger partial charge in [-0.15, -0.1) is 24.0 Å². The number of rotatable bonds is 5. The number of hydrogen-bond donors (Lipinski definition) is 1. The second-order valence-electron chi connectivity index (χ2n) is 6.10. The van der Waals surface area contributed by atoms with Crippen LogP contribution in [0, 0.1) is 0 Å². The summed E-state index contributed by atoms with van der Waals surface area (Å²) in [5.74, 6) is 0.983. The lowest BCUT2D eigenvalue weighted by Gasteiger charge is -2.34. The van der Waals surface area contributed by atoms with E-state index in [4.69, 9.17) is 4.74 Å². The molecule has 5 nitrogen and oxygen atoms in total. The summed E-state index contributed by atoms with van der Waals surface area (Å²) in [5.41, 5.74) is 2.48. The summed E-state index contributed by atoms with van der Waals surface area (Å²) in [6, 6.07) is 8.62. The van der Waals surface area contributed by atoms with Crippen molar-refractivity contribution in [2.24, 2.45) is 4.99 Å². The van der Waals surface area contributed by atoms with Gasteiger partial charge in [0.05, 0.1) is 6.10 Å². The lowest BCUT2D eigenvalue weighted by atomic mass is 10.1. The van der Waals surface area contributed by atoms with Crippen molar-refractivity contribution in [3.05, 3.63) is 29.8 Å². The highest BCUT2D eigenvalue weighted by Crippen LogP contribution is 2.15. The molecule has 24 heavy (non-hydrogen) atoms. The Kier molecular flexibility index (Phi) is 9.43. The number of aliphatic imine (C=N–C) groups is 1. The Hall–Kier alpha value is -1.02. The first kappa shape index (κ1) is 21.0. The van der Waals surface area contributed by atoms with Gasteiger partial charge in [0.1, 0.15) is 0 Å². The molecule has 0 saturated carbocycles. The number of anilines is 1. The van der Waals surface area contributed by atoms with E-state index in [-0.39, 0.29) is 24.0 Å². The van der Waals surface area contributed by atoms with Gasteiger partial charge in [-0.3, -0.25) is 4.99 Å². The first-order chi connectivity index (χ1) is 11.1. The maximum atomic E-state index is 5.71. The minimum absolute atomic E-state index is 0. The lowest BCUT2D eigenvalue weighted by molar-refractivity contribution is 0.0263. The molecule has 0 aliphatic carbocycles. The number of benzene rings is 1. The number of likely N-dealkylation sites (tertiary alicyclic amines) is 1. The van der Waals surface area contributed by atoms with Gasteiger partial charge in [-0.2, -0.15) is 0 Å². The van der Waals surface area contributed by atoms with E-state index >= 15 is 0 Å². The monoisotopic (exact) mass is 446 g/mol. The number of nitrogens with one attached hydrogen (secondary N) is 1. The van der Waals surface area contributed by atoms with Crippen LogP contribution in [0.1, 0.15) is 25.3 Å². The number of guanidine groups is 1. The standard InChI is InChI=1S/C18H30N4O.HI/c1-5-23-17-10-12-22(13-11-17)18(19-2)20-14-15-6-8-16(9-7-15)21(3)4;/h6-9,17H,5,10-14H2,1-4H3,(H,19,20);1H. The highest BCUT2D eigenvalue weighted by molar-refractivity contribution is 14.0. The molecule has 0 bridgehead atoms. The summed E-state index contributed by atoms with van der Waals surface area (Å²) in [7, 11) is 5.97. The Morgan fingerprint density at radius 1 is 1.25 bits per heavy atom. The van der Waals surface area contributed by atoms with Gasteiger partial charge in [0.15, 0.2) is 5.96 Å². The average Bonchev–Trinajstić information content (AvgIpc) is 2.57. The van der Waals surface area contributed by atoms with Crippen LogP contribution in [0.15, 0.2) is 29.3 Å². The van der Waals surface area contributed by atoms with Gasteiger partial charge in [0.2, 0.25) is 0 Å². The first-order valence-corrected chi connectivity index (χ1v) is 8.47. The smallest absolute Gasteiger partial charge is 0.193 e. The topological polar surface area (TPSA) is 40.1 Å². The van der Waals surface area contributed by atoms with Crippen LogP contribution in [0.25, 0.3) is 0 Å². The lowest BCUT2D eigenvalue weighted by Crippen LogP contribution is -2.46. The number of ether oxygens (including phenoxy) is 1. The molecule has 136 valence electrons. The molecule has 1 aliphatic heterocycles. The SMILES string of the molecule is CCOC1CCN(C(=NC)NCc2ccc(N(C)C)cc2)CC1.I. The van der Waals surface area contributed by atoms with Crippen molar-refractivity contribution in [3.8, 4) is 0 Å². The van der Waals surface area contributed by atoms with E-state index in [1.807, 2.05) is 7.05 Å². The van der Waals surface area contributed by atoms with E-state index in [0.717, 1.165) is 45.0 Å². The molecule has 1 heterocycles. The van der Waals surface area contributed by atoms with Crippen LogP contribution >= 0.6 is 24.0 Å². The van der Waals surface area contributed by atoms with Gasteiger partial charge >= 0.3 is 0 Å². The predicted molar refractivity (Wildman–Crippen MR) is 113 cm³/mol. The average molecular weight is 446 g/mol. The van der Waals surface area contributed by atoms with Crippen LogP contribution in [0.2, 0.25) is 0 Å². The van der Waals surface area contributed by atoms with Gasteiger partial charge < -0.3 is 19.9 Å². The zero-order chi connectivity index (χ0) is 16.7. The molecule has 0 unspecified atom stereocenters. The molecule has 1 fully saturated rings. The van der Waals surface area contributed by atoms with E-state index in [1.165, 1.54) is 11.3 Å². The molecule has 1 aromatic carbocycles. The van der Waals surface area contributed by atoms with E-state index in [1.54, 1.807) is 0 Å². The molecule has 0 aromatic heterocycles. The van der Waals surface area contributed by atoms with Crippen LogP contribution in [0.4, 0.5) is 5.69 Å². The molecule has 1 aromatic rings. The highest BCUT2D eigenvalue weighted by atomic mass is 127. The Morgan fingerprint density at radius 3 is 2.38 bits per heavy atom. The van der Waals surface area contributed by atoms with Crippen molar-refractivity contribution in [2.75, 3.05) is 45.7 Å². The number of nitrogens with zero attached hydrogens (tertiary/aromatic N) is 3. The number of hydrogen-bond acceptors (Lipinski definition) is 3. The summed E-state index contributed by atoms with van der Waals surface area (Å²) >= 11 is 0. The fourth-order valence-corrected chi connectivity index (χ4v) is 2.90. The van der Waals surface area contributed by atoms with Crippen LogP contribution in [-0.2, 0) is 11.3 Å². The molecule has 0 spiro atoms. The molecule has 0 amide bonds. The maximum absolute atomic E-state index is 5.71. The summed E-state index contributed by atoms with van der Waals surface area (Å²) in [5, 5.41) is 3.47. The minimum Gasteiger partial charge on any atom is -0.378 e. The van der Waals surface area contributed by atoms with E-state index in [2.05, 4.69) is 65.4 Å². The van der Waals surface area contributed by atoms with Crippen molar-refractivity contribution < 1.29 is 4.74 Å². The van der Waals surface area contributed by atoms with Gasteiger partial charge in [-0.05, 0) is 37.5 Å². The zero-order valence-electron chi connectivity index (χ0n) is 15.3. The van der Waals surface area contributed by atoms with E-state index in [9.17, 15) is 0 Å². The molecule has 2 rings (SSSR count). The van der Waals surface area contributed by atoms with Crippen molar-refractivity contribution in [2.45, 2.75) is 32.4 Å². The third-order valence-corrected chi connectivity index (χ3v) is 4.26. The van der Waals surface area contributed by atoms with E-state index < -0.39 is 0 Å². The Labute approximate surface area is 163 Å². The minimum atomic E-state index is 0. The van der Waals surface area contributed by atoms with Crippen LogP contribution < -0.4 is 10.2 Å². The van der Waals surface area contributed by atoms with Crippen LogP contribution in [-0.4, -0.2) is 57.8 Å². The van der Waals surface area contributed by atoms with Gasteiger partial charge in [0, 0.05) is 53.1 Å². The molecule has 1 saturated heterocycles. The third-order valence-electron chi connectivity index (χ3n) is 4.26. The van der Waals surface area contributed by atoms with Crippen molar-refractivity contribution in [1.29, 1.82) is 0 Å². The number of halogens is 1. The largest absolute Gasteiger partial charge is 0.378 e. The quantitative estimate of drug-likeness (QED) is 0.429. The summed E-state index contributed by atoms with van der Waals surface area (Å²) in [6.45, 7) is 5.68. The molecule has 1 aliphatic rings. The fourth-order valence-electron chi connectivity index (χ4n) is 2.90. The number of piperidine rings is 1. The van der Waals surface area contributed by atoms with Gasteiger partial charge in [-0.25, -0.2) is 0 Å². The van der Waals surface area contributed by atoms with Crippen molar-refractivity contribution in [3.63, 3.8) is 0 Å². The predicted octanol–water partition coefficient (Wildman–Crippen LogP) is 2.95. The highest BCUT2D eigenvalue weighted by Gasteiger charge is 2.21. The molecular weight excluding hydrogens is 415 g/mol. The second-order valence-corrected chi connectivity index (χ2v) is 6.10. The molecule has 0 atom stereocenters. The van der Waals surface area contributed by atoms with Crippen molar-refractivity contribution in [1.82, 2.24) is 10.2 Å². The van der Waals surface area contributed by atoms with Gasteiger partial charge in [-0.1, -0.05) is 12.1 Å². The third kappa shape index (κ3) is 6.12. The Balaban J connectivity index is 0.00000288. The summed E-state index contributed by atoms with van der Waals surface area (Å²) in [4.78, 5) is 8.86. The zero-order valence-corrected chi connectivity index (χ0v) is 17.6. The molecule has 1 N–H and O–H groups in total. The Morgan fingerprint density at radius 2 is 1.88 bits per heavy atom. The van der Waals surface area contributed by atoms with Crippen molar-refractivity contribution >= 4 is 35.6 Å². The van der Waals surface area contributed by atoms with E-state index in [0.29, 0.717) is 6.10 Å². The second kappa shape index (κ2) is 10.8.